The van der Waals surface area contributed by atoms with Crippen LogP contribution in [0.3, 0.4) is 0 Å². The monoisotopic (exact) mass is 601 g/mol. The second-order valence-electron chi connectivity index (χ2n) is 9.49. The van der Waals surface area contributed by atoms with E-state index >= 15 is 0 Å². The maximum atomic E-state index is 13.0. The van der Waals surface area contributed by atoms with Crippen LogP contribution in [-0.4, -0.2) is 17.6 Å². The molecule has 0 atom stereocenters. The van der Waals surface area contributed by atoms with Crippen LogP contribution in [0.4, 0.5) is 5.69 Å². The van der Waals surface area contributed by atoms with Crippen LogP contribution >= 0.6 is 22.6 Å². The standard InChI is InChI=1S/C31H40INO3/c1-2-3-4-5-6-7-8-9-10-11-12-17-22-36-29-21-16-15-20-28(29)33-31(35)26-23-27(32)24-18-13-14-19-25(24)30(26)34/h13-16,18-21,23,34H,2-12,17,22H2,1H3,(H,33,35). The lowest BCUT2D eigenvalue weighted by molar-refractivity contribution is 0.102. The summed E-state index contributed by atoms with van der Waals surface area (Å²) in [7, 11) is 0. The van der Waals surface area contributed by atoms with Gasteiger partial charge in [-0.25, -0.2) is 0 Å². The average molecular weight is 602 g/mol. The van der Waals surface area contributed by atoms with E-state index in [-0.39, 0.29) is 17.2 Å². The van der Waals surface area contributed by atoms with Gasteiger partial charge in [-0.3, -0.25) is 4.79 Å². The van der Waals surface area contributed by atoms with Crippen LogP contribution in [0.5, 0.6) is 11.5 Å². The fourth-order valence-electron chi connectivity index (χ4n) is 4.50. The van der Waals surface area contributed by atoms with E-state index in [9.17, 15) is 9.90 Å². The van der Waals surface area contributed by atoms with Gasteiger partial charge in [-0.05, 0) is 52.6 Å². The lowest BCUT2D eigenvalue weighted by Gasteiger charge is -2.14. The molecule has 5 heteroatoms. The predicted octanol–water partition coefficient (Wildman–Crippen LogP) is 9.48. The number of fused-ring (bicyclic) bond motifs is 1. The van der Waals surface area contributed by atoms with Gasteiger partial charge in [0.25, 0.3) is 5.91 Å². The van der Waals surface area contributed by atoms with Crippen LogP contribution in [0.15, 0.2) is 54.6 Å². The number of hydrogen-bond acceptors (Lipinski definition) is 3. The predicted molar refractivity (Wildman–Crippen MR) is 159 cm³/mol. The first-order chi connectivity index (χ1) is 17.6. The number of rotatable bonds is 16. The van der Waals surface area contributed by atoms with E-state index in [4.69, 9.17) is 4.74 Å². The SMILES string of the molecule is CCCCCCCCCCCCCCOc1ccccc1NC(=O)c1cc(I)c2ccccc2c1O. The van der Waals surface area contributed by atoms with Crippen molar-refractivity contribution in [3.63, 3.8) is 0 Å². The largest absolute Gasteiger partial charge is 0.506 e. The Labute approximate surface area is 230 Å². The number of aromatic hydroxyl groups is 1. The molecular weight excluding hydrogens is 561 g/mol. The summed E-state index contributed by atoms with van der Waals surface area (Å²) >= 11 is 2.20. The molecule has 4 nitrogen and oxygen atoms in total. The van der Waals surface area contributed by atoms with Gasteiger partial charge in [-0.1, -0.05) is 114 Å². The van der Waals surface area contributed by atoms with E-state index < -0.39 is 0 Å². The molecule has 0 unspecified atom stereocenters. The van der Waals surface area contributed by atoms with Crippen LogP contribution in [-0.2, 0) is 0 Å². The highest BCUT2D eigenvalue weighted by Gasteiger charge is 2.17. The molecule has 0 aliphatic carbocycles. The molecule has 36 heavy (non-hydrogen) atoms. The van der Waals surface area contributed by atoms with E-state index in [1.807, 2.05) is 48.5 Å². The molecule has 0 radical (unpaired) electrons. The molecule has 3 rings (SSSR count). The molecule has 0 aliphatic rings. The molecule has 0 saturated carbocycles. The molecule has 2 N–H and O–H groups in total. The number of benzene rings is 3. The number of phenolic OH excluding ortho intramolecular Hbond substituents is 1. The first kappa shape index (κ1) is 28.3. The summed E-state index contributed by atoms with van der Waals surface area (Å²) in [5.41, 5.74) is 0.873. The Bertz CT molecular complexity index is 1100. The minimum atomic E-state index is -0.349. The molecule has 3 aromatic rings. The van der Waals surface area contributed by atoms with Gasteiger partial charge in [0, 0.05) is 8.96 Å². The van der Waals surface area contributed by atoms with Gasteiger partial charge in [-0.2, -0.15) is 0 Å². The van der Waals surface area contributed by atoms with Crippen molar-refractivity contribution < 1.29 is 14.6 Å². The Hall–Kier alpha value is -2.28. The molecule has 0 fully saturated rings. The highest BCUT2D eigenvalue weighted by molar-refractivity contribution is 14.1. The third-order valence-electron chi connectivity index (χ3n) is 6.60. The van der Waals surface area contributed by atoms with Crippen molar-refractivity contribution in [2.75, 3.05) is 11.9 Å². The number of nitrogens with one attached hydrogen (secondary N) is 1. The fraction of sp³-hybridized carbons (Fsp3) is 0.452. The first-order valence-electron chi connectivity index (χ1n) is 13.5. The molecule has 0 saturated heterocycles. The zero-order valence-electron chi connectivity index (χ0n) is 21.5. The Kier molecular flexibility index (Phi) is 12.4. The summed E-state index contributed by atoms with van der Waals surface area (Å²) in [6.45, 7) is 2.89. The number of phenols is 1. The van der Waals surface area contributed by atoms with Crippen molar-refractivity contribution in [3.8, 4) is 11.5 Å². The number of carbonyl (C=O) groups is 1. The van der Waals surface area contributed by atoms with Crippen molar-refractivity contribution in [1.29, 1.82) is 0 Å². The first-order valence-corrected chi connectivity index (χ1v) is 14.6. The molecule has 194 valence electrons. The lowest BCUT2D eigenvalue weighted by Crippen LogP contribution is -2.14. The van der Waals surface area contributed by atoms with Crippen molar-refractivity contribution in [2.45, 2.75) is 84.0 Å². The maximum absolute atomic E-state index is 13.0. The van der Waals surface area contributed by atoms with Crippen molar-refractivity contribution >= 4 is 45.0 Å². The fourth-order valence-corrected chi connectivity index (χ4v) is 5.28. The average Bonchev–Trinajstić information content (AvgIpc) is 2.89. The molecule has 0 aliphatic heterocycles. The molecule has 0 bridgehead atoms. The van der Waals surface area contributed by atoms with E-state index in [1.165, 1.54) is 64.2 Å². The molecule has 3 aromatic carbocycles. The van der Waals surface area contributed by atoms with E-state index in [0.717, 1.165) is 21.8 Å². The minimum Gasteiger partial charge on any atom is -0.506 e. The van der Waals surface area contributed by atoms with Gasteiger partial charge in [0.2, 0.25) is 0 Å². The van der Waals surface area contributed by atoms with Gasteiger partial charge >= 0.3 is 0 Å². The molecule has 0 aromatic heterocycles. The number of amides is 1. The third-order valence-corrected chi connectivity index (χ3v) is 7.49. The Morgan fingerprint density at radius 1 is 0.806 bits per heavy atom. The van der Waals surface area contributed by atoms with Crippen LogP contribution < -0.4 is 10.1 Å². The Morgan fingerprint density at radius 2 is 1.36 bits per heavy atom. The van der Waals surface area contributed by atoms with Crippen molar-refractivity contribution in [3.05, 3.63) is 63.7 Å². The summed E-state index contributed by atoms with van der Waals surface area (Å²) in [4.78, 5) is 13.0. The van der Waals surface area contributed by atoms with Crippen LogP contribution in [0.25, 0.3) is 10.8 Å². The van der Waals surface area contributed by atoms with Crippen molar-refractivity contribution in [1.82, 2.24) is 0 Å². The Balaban J connectivity index is 1.41. The third kappa shape index (κ3) is 8.68. The molecule has 0 spiro atoms. The van der Waals surface area contributed by atoms with Crippen LogP contribution in [0, 0.1) is 3.57 Å². The van der Waals surface area contributed by atoms with Gasteiger partial charge in [-0.15, -0.1) is 0 Å². The van der Waals surface area contributed by atoms with Gasteiger partial charge in [0.15, 0.2) is 0 Å². The quantitative estimate of drug-likeness (QED) is 0.127. The molecular formula is C31H40INO3. The number of unbranched alkanes of at least 4 members (excludes halogenated alkanes) is 11. The molecule has 0 heterocycles. The number of hydrogen-bond donors (Lipinski definition) is 2. The second kappa shape index (κ2) is 15.7. The summed E-state index contributed by atoms with van der Waals surface area (Å²) < 4.78 is 6.93. The highest BCUT2D eigenvalue weighted by atomic mass is 127. The van der Waals surface area contributed by atoms with E-state index in [1.54, 1.807) is 6.07 Å². The van der Waals surface area contributed by atoms with E-state index in [2.05, 4.69) is 34.8 Å². The maximum Gasteiger partial charge on any atom is 0.259 e. The zero-order valence-corrected chi connectivity index (χ0v) is 23.7. The second-order valence-corrected chi connectivity index (χ2v) is 10.7. The number of ether oxygens (including phenoxy) is 1. The highest BCUT2D eigenvalue weighted by Crippen LogP contribution is 2.33. The molecule has 1 amide bonds. The number of carbonyl (C=O) groups excluding carboxylic acids is 1. The smallest absolute Gasteiger partial charge is 0.259 e. The number of halogens is 1. The van der Waals surface area contributed by atoms with Crippen LogP contribution in [0.1, 0.15) is 94.3 Å². The Morgan fingerprint density at radius 3 is 2.03 bits per heavy atom. The van der Waals surface area contributed by atoms with Gasteiger partial charge < -0.3 is 15.2 Å². The summed E-state index contributed by atoms with van der Waals surface area (Å²) in [5, 5.41) is 15.3. The van der Waals surface area contributed by atoms with Gasteiger partial charge in [0.05, 0.1) is 17.9 Å². The number of para-hydroxylation sites is 2. The number of anilines is 1. The zero-order chi connectivity index (χ0) is 25.6. The lowest BCUT2D eigenvalue weighted by atomic mass is 10.0. The minimum absolute atomic E-state index is 0.00147. The van der Waals surface area contributed by atoms with Crippen molar-refractivity contribution in [2.24, 2.45) is 0 Å². The van der Waals surface area contributed by atoms with Gasteiger partial charge in [0.1, 0.15) is 11.5 Å². The normalized spacial score (nSPS) is 11.1. The summed E-state index contributed by atoms with van der Waals surface area (Å²) in [5.74, 6) is 0.305. The topological polar surface area (TPSA) is 58.6 Å². The summed E-state index contributed by atoms with van der Waals surface area (Å²) in [6.07, 6.45) is 15.7. The summed E-state index contributed by atoms with van der Waals surface area (Å²) in [6, 6.07) is 16.8. The van der Waals surface area contributed by atoms with E-state index in [0.29, 0.717) is 23.4 Å². The van der Waals surface area contributed by atoms with Crippen LogP contribution in [0.2, 0.25) is 0 Å².